The number of phenolic OH excluding ortho intramolecular Hbond substituents is 1. The van der Waals surface area contributed by atoms with Gasteiger partial charge in [-0.25, -0.2) is 0 Å². The van der Waals surface area contributed by atoms with E-state index in [2.05, 4.69) is 15.5 Å². The van der Waals surface area contributed by atoms with Crippen LogP contribution in [0.2, 0.25) is 0 Å². The molecule has 29 heavy (non-hydrogen) atoms. The number of nitrogens with one attached hydrogen (secondary N) is 1. The molecule has 1 unspecified atom stereocenters. The predicted molar refractivity (Wildman–Crippen MR) is 108 cm³/mol. The van der Waals surface area contributed by atoms with Crippen molar-refractivity contribution in [2.45, 2.75) is 38.6 Å². The van der Waals surface area contributed by atoms with Crippen molar-refractivity contribution in [3.63, 3.8) is 0 Å². The van der Waals surface area contributed by atoms with Gasteiger partial charge in [-0.2, -0.15) is 0 Å². The van der Waals surface area contributed by atoms with E-state index in [0.29, 0.717) is 24.3 Å². The third kappa shape index (κ3) is 3.53. The molecule has 4 rings (SSSR count). The van der Waals surface area contributed by atoms with E-state index in [-0.39, 0.29) is 29.0 Å². The number of aromatic hydroxyl groups is 1. The number of fused-ring (bicyclic) bond motifs is 1. The fraction of sp³-hybridized carbons (Fsp3) is 0.333. The van der Waals surface area contributed by atoms with E-state index in [0.717, 1.165) is 12.2 Å². The highest BCUT2D eigenvalue weighted by Crippen LogP contribution is 2.25. The van der Waals surface area contributed by atoms with Crippen molar-refractivity contribution in [1.82, 2.24) is 19.5 Å². The number of likely N-dealkylation sites (tertiary alicyclic amines) is 1. The molecule has 1 aromatic carbocycles. The smallest absolute Gasteiger partial charge is 0.258 e. The quantitative estimate of drug-likeness (QED) is 0.710. The molecule has 8 nitrogen and oxygen atoms in total. The minimum atomic E-state index is -0.580. The monoisotopic (exact) mass is 393 g/mol. The Kier molecular flexibility index (Phi) is 4.92. The van der Waals surface area contributed by atoms with Crippen LogP contribution in [0.4, 0.5) is 5.69 Å². The van der Waals surface area contributed by atoms with Crippen LogP contribution in [-0.4, -0.2) is 49.0 Å². The first-order chi connectivity index (χ1) is 14.0. The summed E-state index contributed by atoms with van der Waals surface area (Å²) in [7, 11) is 0. The van der Waals surface area contributed by atoms with E-state index >= 15 is 0 Å². The first-order valence-corrected chi connectivity index (χ1v) is 9.70. The highest BCUT2D eigenvalue weighted by Gasteiger charge is 2.35. The maximum Gasteiger partial charge on any atom is 0.258 e. The standard InChI is InChI=1S/C21H23N5O3/c1-13(2)19-24-23-18-10-9-14(12-26(18)19)22-20(28)16-7-5-11-25(16)21(29)15-6-3-4-8-17(15)27/h3-4,6,8-10,12-13,16,27H,5,7,11H2,1-2H3,(H,22,28). The topological polar surface area (TPSA) is 99.8 Å². The first kappa shape index (κ1) is 18.9. The number of hydrogen-bond acceptors (Lipinski definition) is 5. The second-order valence-electron chi connectivity index (χ2n) is 7.52. The summed E-state index contributed by atoms with van der Waals surface area (Å²) in [6, 6.07) is 9.39. The molecule has 8 heteroatoms. The Hall–Kier alpha value is -3.42. The normalized spacial score (nSPS) is 16.5. The van der Waals surface area contributed by atoms with Crippen molar-refractivity contribution in [3.8, 4) is 5.75 Å². The summed E-state index contributed by atoms with van der Waals surface area (Å²) >= 11 is 0. The molecule has 3 heterocycles. The summed E-state index contributed by atoms with van der Waals surface area (Å²) in [5.74, 6) is 0.343. The van der Waals surface area contributed by atoms with Gasteiger partial charge in [-0.05, 0) is 37.1 Å². The Balaban J connectivity index is 1.55. The van der Waals surface area contributed by atoms with E-state index in [4.69, 9.17) is 0 Å². The number of carbonyl (C=O) groups is 2. The molecular weight excluding hydrogens is 370 g/mol. The molecule has 2 amide bonds. The van der Waals surface area contributed by atoms with Crippen LogP contribution in [0.25, 0.3) is 5.65 Å². The van der Waals surface area contributed by atoms with Crippen molar-refractivity contribution in [2.24, 2.45) is 0 Å². The maximum atomic E-state index is 12.9. The van der Waals surface area contributed by atoms with E-state index in [1.807, 2.05) is 18.2 Å². The Morgan fingerprint density at radius 3 is 2.72 bits per heavy atom. The summed E-state index contributed by atoms with van der Waals surface area (Å²) in [4.78, 5) is 27.3. The highest BCUT2D eigenvalue weighted by atomic mass is 16.3. The lowest BCUT2D eigenvalue weighted by molar-refractivity contribution is -0.119. The zero-order chi connectivity index (χ0) is 20.5. The van der Waals surface area contributed by atoms with Gasteiger partial charge in [-0.15, -0.1) is 10.2 Å². The van der Waals surface area contributed by atoms with Crippen molar-refractivity contribution < 1.29 is 14.7 Å². The van der Waals surface area contributed by atoms with Gasteiger partial charge in [0.05, 0.1) is 11.3 Å². The van der Waals surface area contributed by atoms with Gasteiger partial charge in [-0.3, -0.25) is 14.0 Å². The molecule has 1 atom stereocenters. The molecule has 150 valence electrons. The van der Waals surface area contributed by atoms with Gasteiger partial charge in [0, 0.05) is 18.7 Å². The average Bonchev–Trinajstić information content (AvgIpc) is 3.34. The van der Waals surface area contributed by atoms with Gasteiger partial charge >= 0.3 is 0 Å². The van der Waals surface area contributed by atoms with Gasteiger partial charge in [-0.1, -0.05) is 26.0 Å². The third-order valence-corrected chi connectivity index (χ3v) is 5.16. The average molecular weight is 393 g/mol. The van der Waals surface area contributed by atoms with Crippen molar-refractivity contribution in [2.75, 3.05) is 11.9 Å². The summed E-state index contributed by atoms with van der Waals surface area (Å²) in [6.45, 7) is 4.54. The Labute approximate surface area is 168 Å². The number of phenols is 1. The third-order valence-electron chi connectivity index (χ3n) is 5.16. The molecule has 0 aliphatic carbocycles. The number of aromatic nitrogens is 3. The number of carbonyl (C=O) groups excluding carboxylic acids is 2. The highest BCUT2D eigenvalue weighted by molar-refractivity contribution is 6.02. The van der Waals surface area contributed by atoms with Crippen LogP contribution in [0.5, 0.6) is 5.75 Å². The summed E-state index contributed by atoms with van der Waals surface area (Å²) < 4.78 is 1.86. The van der Waals surface area contributed by atoms with E-state index in [9.17, 15) is 14.7 Å². The van der Waals surface area contributed by atoms with Crippen molar-refractivity contribution >= 4 is 23.1 Å². The number of benzene rings is 1. The van der Waals surface area contributed by atoms with Gasteiger partial charge in [0.15, 0.2) is 5.65 Å². The minimum absolute atomic E-state index is 0.0807. The second-order valence-corrected chi connectivity index (χ2v) is 7.52. The van der Waals surface area contributed by atoms with Crippen LogP contribution >= 0.6 is 0 Å². The van der Waals surface area contributed by atoms with Crippen LogP contribution < -0.4 is 5.32 Å². The molecule has 2 N–H and O–H groups in total. The van der Waals surface area contributed by atoms with Gasteiger partial charge < -0.3 is 15.3 Å². The largest absolute Gasteiger partial charge is 0.507 e. The molecule has 3 aromatic rings. The second kappa shape index (κ2) is 7.54. The van der Waals surface area contributed by atoms with Gasteiger partial charge in [0.2, 0.25) is 5.91 Å². The molecule has 0 spiro atoms. The van der Waals surface area contributed by atoms with Crippen molar-refractivity contribution in [3.05, 3.63) is 54.0 Å². The number of rotatable bonds is 4. The van der Waals surface area contributed by atoms with Gasteiger partial charge in [0.25, 0.3) is 5.91 Å². The number of anilines is 1. The Bertz CT molecular complexity index is 1080. The molecular formula is C21H23N5O3. The lowest BCUT2D eigenvalue weighted by Gasteiger charge is -2.24. The summed E-state index contributed by atoms with van der Waals surface area (Å²) in [5, 5.41) is 21.2. The van der Waals surface area contributed by atoms with E-state index < -0.39 is 6.04 Å². The number of hydrogen-bond donors (Lipinski definition) is 2. The molecule has 2 aromatic heterocycles. The van der Waals surface area contributed by atoms with Crippen LogP contribution in [0.3, 0.4) is 0 Å². The van der Waals surface area contributed by atoms with Crippen LogP contribution in [0, 0.1) is 0 Å². The van der Waals surface area contributed by atoms with Crippen LogP contribution in [0.15, 0.2) is 42.6 Å². The molecule has 1 aliphatic rings. The molecule has 0 radical (unpaired) electrons. The molecule has 0 saturated carbocycles. The number of para-hydroxylation sites is 1. The zero-order valence-electron chi connectivity index (χ0n) is 16.4. The Morgan fingerprint density at radius 2 is 1.97 bits per heavy atom. The lowest BCUT2D eigenvalue weighted by atomic mass is 10.1. The van der Waals surface area contributed by atoms with E-state index in [1.54, 1.807) is 36.5 Å². The number of amides is 2. The fourth-order valence-corrected chi connectivity index (χ4v) is 3.69. The van der Waals surface area contributed by atoms with E-state index in [1.165, 1.54) is 11.0 Å². The fourth-order valence-electron chi connectivity index (χ4n) is 3.69. The maximum absolute atomic E-state index is 12.9. The molecule has 0 bridgehead atoms. The number of pyridine rings is 1. The summed E-state index contributed by atoms with van der Waals surface area (Å²) in [5.41, 5.74) is 1.54. The number of nitrogens with zero attached hydrogens (tertiary/aromatic N) is 4. The first-order valence-electron chi connectivity index (χ1n) is 9.70. The minimum Gasteiger partial charge on any atom is -0.507 e. The lowest BCUT2D eigenvalue weighted by Crippen LogP contribution is -2.43. The SMILES string of the molecule is CC(C)c1nnc2ccc(NC(=O)C3CCCN3C(=O)c3ccccc3O)cn12. The van der Waals surface area contributed by atoms with Gasteiger partial charge in [0.1, 0.15) is 17.6 Å². The molecule has 1 fully saturated rings. The van der Waals surface area contributed by atoms with Crippen LogP contribution in [0.1, 0.15) is 48.8 Å². The molecule has 1 aliphatic heterocycles. The summed E-state index contributed by atoms with van der Waals surface area (Å²) in [6.07, 6.45) is 3.11. The predicted octanol–water partition coefficient (Wildman–Crippen LogP) is 2.80. The van der Waals surface area contributed by atoms with Crippen molar-refractivity contribution in [1.29, 1.82) is 0 Å². The zero-order valence-corrected chi connectivity index (χ0v) is 16.4. The van der Waals surface area contributed by atoms with Crippen LogP contribution in [-0.2, 0) is 4.79 Å². The molecule has 1 saturated heterocycles. The Morgan fingerprint density at radius 1 is 1.17 bits per heavy atom.